The van der Waals surface area contributed by atoms with E-state index in [1.807, 2.05) is 6.07 Å². The zero-order valence-corrected chi connectivity index (χ0v) is 19.8. The zero-order valence-electron chi connectivity index (χ0n) is 17.5. The lowest BCUT2D eigenvalue weighted by Crippen LogP contribution is -2.36. The molecular weight excluding hydrogens is 477 g/mol. The summed E-state index contributed by atoms with van der Waals surface area (Å²) < 4.78 is 5.47. The van der Waals surface area contributed by atoms with Crippen LogP contribution in [0, 0.1) is 0 Å². The topological polar surface area (TPSA) is 65.7 Å². The maximum Gasteiger partial charge on any atom is 0.191 e. The van der Waals surface area contributed by atoms with Crippen molar-refractivity contribution in [3.8, 4) is 0 Å². The van der Waals surface area contributed by atoms with Gasteiger partial charge in [-0.05, 0) is 30.5 Å². The van der Waals surface area contributed by atoms with Crippen LogP contribution in [0.2, 0.25) is 0 Å². The quantitative estimate of drug-likeness (QED) is 0.239. The van der Waals surface area contributed by atoms with Gasteiger partial charge in [0.1, 0.15) is 0 Å². The second kappa shape index (κ2) is 11.8. The molecule has 0 aliphatic carbocycles. The molecule has 2 aromatic rings. The summed E-state index contributed by atoms with van der Waals surface area (Å²) in [5.41, 5.74) is 3.52. The molecule has 0 fully saturated rings. The Hall–Kier alpha value is -2.03. The molecule has 1 aliphatic rings. The molecule has 6 nitrogen and oxygen atoms in total. The van der Waals surface area contributed by atoms with Gasteiger partial charge in [-0.25, -0.2) is 0 Å². The highest BCUT2D eigenvalue weighted by Crippen LogP contribution is 2.22. The molecule has 29 heavy (non-hydrogen) atoms. The molecule has 0 amide bonds. The summed E-state index contributed by atoms with van der Waals surface area (Å²) in [5.74, 6) is 2.04. The van der Waals surface area contributed by atoms with Crippen molar-refractivity contribution >= 4 is 35.6 Å². The van der Waals surface area contributed by atoms with Crippen LogP contribution >= 0.6 is 24.0 Å². The first kappa shape index (κ1) is 23.3. The average Bonchev–Trinajstić information content (AvgIpc) is 3.42. The number of hydrogen-bond donors (Lipinski definition) is 2. The van der Waals surface area contributed by atoms with Crippen LogP contribution in [-0.2, 0) is 13.1 Å². The normalized spacial score (nSPS) is 13.7. The molecule has 158 valence electrons. The second-order valence-corrected chi connectivity index (χ2v) is 7.06. The van der Waals surface area contributed by atoms with E-state index >= 15 is 0 Å². The van der Waals surface area contributed by atoms with Gasteiger partial charge in [0.15, 0.2) is 11.7 Å². The molecule has 7 heteroatoms. The number of anilines is 1. The smallest absolute Gasteiger partial charge is 0.191 e. The molecule has 3 rings (SSSR count). The summed E-state index contributed by atoms with van der Waals surface area (Å²) in [4.78, 5) is 6.65. The number of aliphatic imine (C=N–C) groups is 1. The van der Waals surface area contributed by atoms with Crippen LogP contribution in [0.15, 0.2) is 52.0 Å². The third-order valence-corrected chi connectivity index (χ3v) is 5.19. The van der Waals surface area contributed by atoms with Crippen molar-refractivity contribution in [2.75, 3.05) is 25.0 Å². The summed E-state index contributed by atoms with van der Waals surface area (Å²) >= 11 is 0. The summed E-state index contributed by atoms with van der Waals surface area (Å²) in [5, 5.41) is 10.9. The Morgan fingerprint density at radius 2 is 1.86 bits per heavy atom. The van der Waals surface area contributed by atoms with Crippen molar-refractivity contribution in [2.24, 2.45) is 4.99 Å². The van der Waals surface area contributed by atoms with Gasteiger partial charge in [0, 0.05) is 44.4 Å². The molecule has 2 N–H and O–H groups in total. The van der Waals surface area contributed by atoms with E-state index in [-0.39, 0.29) is 24.0 Å². The Balaban J connectivity index is 0.00000300. The van der Waals surface area contributed by atoms with Crippen LogP contribution in [-0.4, -0.2) is 31.3 Å². The van der Waals surface area contributed by atoms with E-state index in [4.69, 9.17) is 4.52 Å². The minimum atomic E-state index is 0. The van der Waals surface area contributed by atoms with Crippen LogP contribution in [0.25, 0.3) is 0 Å². The Morgan fingerprint density at radius 3 is 2.55 bits per heavy atom. The highest BCUT2D eigenvalue weighted by molar-refractivity contribution is 14.0. The Labute approximate surface area is 190 Å². The molecule has 0 unspecified atom stereocenters. The fraction of sp³-hybridized carbons (Fsp3) is 0.455. The minimum Gasteiger partial charge on any atom is -0.364 e. The fourth-order valence-corrected chi connectivity index (χ4v) is 3.44. The lowest BCUT2D eigenvalue weighted by atomic mass is 9.99. The van der Waals surface area contributed by atoms with E-state index in [9.17, 15) is 0 Å². The third kappa shape index (κ3) is 6.48. The van der Waals surface area contributed by atoms with E-state index in [0.29, 0.717) is 19.0 Å². The minimum absolute atomic E-state index is 0. The van der Waals surface area contributed by atoms with E-state index < -0.39 is 0 Å². The highest BCUT2D eigenvalue weighted by atomic mass is 127. The van der Waals surface area contributed by atoms with Gasteiger partial charge in [0.2, 0.25) is 0 Å². The van der Waals surface area contributed by atoms with Crippen molar-refractivity contribution in [3.05, 3.63) is 59.5 Å². The standard InChI is InChI=1S/C22H31N5O.HI/c1-4-18(5-2)21-14-20(28-26-21)16-25-22(23-3)24-15-17-9-8-10-19(13-17)27-11-6-7-12-27;/h6-10,13-14,18H,4-5,11-12,15-16H2,1-3H3,(H2,23,24,25);1H. The molecule has 0 saturated heterocycles. The highest BCUT2D eigenvalue weighted by Gasteiger charge is 2.13. The third-order valence-electron chi connectivity index (χ3n) is 5.19. The number of aromatic nitrogens is 1. The molecule has 0 saturated carbocycles. The first-order valence-electron chi connectivity index (χ1n) is 10.1. The predicted molar refractivity (Wildman–Crippen MR) is 130 cm³/mol. The summed E-state index contributed by atoms with van der Waals surface area (Å²) in [7, 11) is 1.78. The van der Waals surface area contributed by atoms with Crippen molar-refractivity contribution in [1.29, 1.82) is 0 Å². The van der Waals surface area contributed by atoms with Gasteiger partial charge in [-0.2, -0.15) is 0 Å². The van der Waals surface area contributed by atoms with Gasteiger partial charge in [-0.1, -0.05) is 43.3 Å². The number of benzene rings is 1. The molecule has 1 aliphatic heterocycles. The maximum absolute atomic E-state index is 5.47. The van der Waals surface area contributed by atoms with E-state index in [0.717, 1.165) is 43.3 Å². The van der Waals surface area contributed by atoms with E-state index in [1.54, 1.807) is 7.05 Å². The van der Waals surface area contributed by atoms with E-state index in [1.165, 1.54) is 11.3 Å². The van der Waals surface area contributed by atoms with Gasteiger partial charge in [0.25, 0.3) is 0 Å². The van der Waals surface area contributed by atoms with Gasteiger partial charge < -0.3 is 20.1 Å². The summed E-state index contributed by atoms with van der Waals surface area (Å²) in [6.07, 6.45) is 6.56. The van der Waals surface area contributed by atoms with Gasteiger partial charge in [-0.15, -0.1) is 24.0 Å². The largest absolute Gasteiger partial charge is 0.364 e. The first-order valence-corrected chi connectivity index (χ1v) is 10.1. The second-order valence-electron chi connectivity index (χ2n) is 7.06. The number of guanidine groups is 1. The van der Waals surface area contributed by atoms with Crippen LogP contribution in [0.3, 0.4) is 0 Å². The number of hydrogen-bond acceptors (Lipinski definition) is 4. The SMILES string of the molecule is CCC(CC)c1cc(CNC(=NC)NCc2cccc(N3CC=CC3)c2)on1.I. The van der Waals surface area contributed by atoms with Gasteiger partial charge in [0.05, 0.1) is 12.2 Å². The Morgan fingerprint density at radius 1 is 1.14 bits per heavy atom. The van der Waals surface area contributed by atoms with Crippen LogP contribution in [0.1, 0.15) is 49.6 Å². The van der Waals surface area contributed by atoms with Crippen molar-refractivity contribution < 1.29 is 4.52 Å². The Bertz CT molecular complexity index is 805. The number of rotatable bonds is 8. The molecular formula is C22H32IN5O. The first-order chi connectivity index (χ1) is 13.7. The van der Waals surface area contributed by atoms with Crippen molar-refractivity contribution in [2.45, 2.75) is 45.7 Å². The van der Waals surface area contributed by atoms with Crippen LogP contribution in [0.4, 0.5) is 5.69 Å². The molecule has 0 bridgehead atoms. The van der Waals surface area contributed by atoms with E-state index in [2.05, 4.69) is 75.9 Å². The lowest BCUT2D eigenvalue weighted by Gasteiger charge is -2.19. The Kier molecular flexibility index (Phi) is 9.50. The fourth-order valence-electron chi connectivity index (χ4n) is 3.44. The van der Waals surface area contributed by atoms with Crippen molar-refractivity contribution in [3.63, 3.8) is 0 Å². The number of nitrogens with one attached hydrogen (secondary N) is 2. The molecule has 1 aromatic heterocycles. The summed E-state index contributed by atoms with van der Waals surface area (Å²) in [6.45, 7) is 7.60. The molecule has 0 radical (unpaired) electrons. The molecule has 1 aromatic carbocycles. The monoisotopic (exact) mass is 509 g/mol. The number of nitrogens with zero attached hydrogens (tertiary/aromatic N) is 3. The number of halogens is 1. The predicted octanol–water partition coefficient (Wildman–Crippen LogP) is 4.44. The lowest BCUT2D eigenvalue weighted by molar-refractivity contribution is 0.368. The maximum atomic E-state index is 5.47. The molecule has 0 spiro atoms. The van der Waals surface area contributed by atoms with Crippen LogP contribution < -0.4 is 15.5 Å². The average molecular weight is 509 g/mol. The van der Waals surface area contributed by atoms with Gasteiger partial charge >= 0.3 is 0 Å². The van der Waals surface area contributed by atoms with Gasteiger partial charge in [-0.3, -0.25) is 4.99 Å². The van der Waals surface area contributed by atoms with Crippen molar-refractivity contribution in [1.82, 2.24) is 15.8 Å². The summed E-state index contributed by atoms with van der Waals surface area (Å²) in [6, 6.07) is 10.7. The molecule has 2 heterocycles. The van der Waals surface area contributed by atoms with Crippen LogP contribution in [0.5, 0.6) is 0 Å². The zero-order chi connectivity index (χ0) is 19.8. The molecule has 0 atom stereocenters.